The maximum absolute atomic E-state index is 8.95. The second kappa shape index (κ2) is 6.51. The minimum atomic E-state index is 0.196. The molecule has 0 atom stereocenters. The van der Waals surface area contributed by atoms with Crippen molar-refractivity contribution in [1.82, 2.24) is 4.90 Å². The number of rotatable bonds is 6. The predicted molar refractivity (Wildman–Crippen MR) is 65.8 cm³/mol. The molecule has 3 heteroatoms. The van der Waals surface area contributed by atoms with Crippen molar-refractivity contribution in [1.29, 1.82) is 0 Å². The molecule has 0 spiro atoms. The van der Waals surface area contributed by atoms with Crippen molar-refractivity contribution in [2.45, 2.75) is 20.4 Å². The quantitative estimate of drug-likeness (QED) is 0.798. The number of aryl methyl sites for hydroxylation is 1. The summed E-state index contributed by atoms with van der Waals surface area (Å²) in [5, 5.41) is 8.95. The van der Waals surface area contributed by atoms with Gasteiger partial charge in [0.05, 0.1) is 13.7 Å². The van der Waals surface area contributed by atoms with Crippen LogP contribution in [0.5, 0.6) is 5.75 Å². The van der Waals surface area contributed by atoms with Crippen LogP contribution in [0.4, 0.5) is 0 Å². The monoisotopic (exact) mass is 223 g/mol. The summed E-state index contributed by atoms with van der Waals surface area (Å²) in [5.74, 6) is 0.919. The van der Waals surface area contributed by atoms with Gasteiger partial charge in [-0.05, 0) is 19.5 Å². The van der Waals surface area contributed by atoms with Gasteiger partial charge in [-0.3, -0.25) is 4.90 Å². The molecule has 0 unspecified atom stereocenters. The topological polar surface area (TPSA) is 32.7 Å². The average molecular weight is 223 g/mol. The first-order chi connectivity index (χ1) is 7.71. The third-order valence-electron chi connectivity index (χ3n) is 2.69. The lowest BCUT2D eigenvalue weighted by Crippen LogP contribution is -2.26. The van der Waals surface area contributed by atoms with Crippen LogP contribution in [0.2, 0.25) is 0 Å². The van der Waals surface area contributed by atoms with Crippen molar-refractivity contribution in [2.24, 2.45) is 0 Å². The number of ether oxygens (including phenoxy) is 1. The lowest BCUT2D eigenvalue weighted by atomic mass is 10.1. The van der Waals surface area contributed by atoms with Gasteiger partial charge in [0, 0.05) is 18.7 Å². The van der Waals surface area contributed by atoms with Crippen LogP contribution in [-0.2, 0) is 6.54 Å². The van der Waals surface area contributed by atoms with E-state index in [0.717, 1.165) is 18.8 Å². The number of benzene rings is 1. The predicted octanol–water partition coefficient (Wildman–Crippen LogP) is 1.82. The maximum Gasteiger partial charge on any atom is 0.123 e. The van der Waals surface area contributed by atoms with Gasteiger partial charge in [0.2, 0.25) is 0 Å². The van der Waals surface area contributed by atoms with E-state index in [1.165, 1.54) is 11.1 Å². The second-order valence-corrected chi connectivity index (χ2v) is 3.91. The Morgan fingerprint density at radius 1 is 1.38 bits per heavy atom. The van der Waals surface area contributed by atoms with Crippen molar-refractivity contribution < 1.29 is 9.84 Å². The lowest BCUT2D eigenvalue weighted by Gasteiger charge is -2.20. The summed E-state index contributed by atoms with van der Waals surface area (Å²) in [6.07, 6.45) is 0. The normalized spacial score (nSPS) is 10.8. The van der Waals surface area contributed by atoms with Gasteiger partial charge < -0.3 is 9.84 Å². The van der Waals surface area contributed by atoms with E-state index >= 15 is 0 Å². The third-order valence-corrected chi connectivity index (χ3v) is 2.69. The SMILES string of the molecule is CCN(CCO)Cc1cc(C)ccc1OC. The van der Waals surface area contributed by atoms with Crippen LogP contribution < -0.4 is 4.74 Å². The fraction of sp³-hybridized carbons (Fsp3) is 0.538. The molecule has 1 rings (SSSR count). The molecule has 0 aliphatic rings. The molecule has 1 N–H and O–H groups in total. The van der Waals surface area contributed by atoms with Crippen LogP contribution >= 0.6 is 0 Å². The Balaban J connectivity index is 2.80. The molecule has 0 saturated carbocycles. The van der Waals surface area contributed by atoms with E-state index < -0.39 is 0 Å². The van der Waals surface area contributed by atoms with Crippen molar-refractivity contribution >= 4 is 0 Å². The van der Waals surface area contributed by atoms with Gasteiger partial charge in [-0.2, -0.15) is 0 Å². The van der Waals surface area contributed by atoms with Crippen LogP contribution in [0.3, 0.4) is 0 Å². The average Bonchev–Trinajstić information content (AvgIpc) is 2.29. The third kappa shape index (κ3) is 3.51. The zero-order valence-corrected chi connectivity index (χ0v) is 10.4. The van der Waals surface area contributed by atoms with E-state index in [0.29, 0.717) is 6.54 Å². The molecule has 0 bridgehead atoms. The van der Waals surface area contributed by atoms with Crippen LogP contribution in [-0.4, -0.2) is 36.8 Å². The van der Waals surface area contributed by atoms with E-state index in [1.54, 1.807) is 7.11 Å². The molecule has 90 valence electrons. The van der Waals surface area contributed by atoms with E-state index in [-0.39, 0.29) is 6.61 Å². The summed E-state index contributed by atoms with van der Waals surface area (Å²) in [5.41, 5.74) is 2.41. The van der Waals surface area contributed by atoms with Crippen molar-refractivity contribution in [3.05, 3.63) is 29.3 Å². The zero-order chi connectivity index (χ0) is 12.0. The van der Waals surface area contributed by atoms with Gasteiger partial charge in [-0.15, -0.1) is 0 Å². The highest BCUT2D eigenvalue weighted by atomic mass is 16.5. The zero-order valence-electron chi connectivity index (χ0n) is 10.4. The molecule has 0 aliphatic heterocycles. The largest absolute Gasteiger partial charge is 0.496 e. The summed E-state index contributed by atoms with van der Waals surface area (Å²) in [7, 11) is 1.69. The standard InChI is InChI=1S/C13H21NO2/c1-4-14(7-8-15)10-12-9-11(2)5-6-13(12)16-3/h5-6,9,15H,4,7-8,10H2,1-3H3. The molecule has 0 radical (unpaired) electrons. The Hall–Kier alpha value is -1.06. The first-order valence-electron chi connectivity index (χ1n) is 5.68. The van der Waals surface area contributed by atoms with Gasteiger partial charge in [0.25, 0.3) is 0 Å². The first kappa shape index (κ1) is 13.0. The number of methoxy groups -OCH3 is 1. The van der Waals surface area contributed by atoms with E-state index in [2.05, 4.69) is 24.8 Å². The molecular weight excluding hydrogens is 202 g/mol. The number of hydrogen-bond acceptors (Lipinski definition) is 3. The number of aliphatic hydroxyl groups is 1. The van der Waals surface area contributed by atoms with Crippen molar-refractivity contribution in [3.63, 3.8) is 0 Å². The molecule has 0 amide bonds. The number of hydrogen-bond donors (Lipinski definition) is 1. The fourth-order valence-electron chi connectivity index (χ4n) is 1.76. The van der Waals surface area contributed by atoms with E-state index in [4.69, 9.17) is 9.84 Å². The van der Waals surface area contributed by atoms with Crippen LogP contribution in [0.1, 0.15) is 18.1 Å². The molecule has 0 fully saturated rings. The molecule has 16 heavy (non-hydrogen) atoms. The van der Waals surface area contributed by atoms with Crippen molar-refractivity contribution in [2.75, 3.05) is 26.8 Å². The molecule has 0 aliphatic carbocycles. The number of aliphatic hydroxyl groups excluding tert-OH is 1. The fourth-order valence-corrected chi connectivity index (χ4v) is 1.76. The van der Waals surface area contributed by atoms with Gasteiger partial charge in [0.1, 0.15) is 5.75 Å². The minimum absolute atomic E-state index is 0.196. The van der Waals surface area contributed by atoms with Gasteiger partial charge >= 0.3 is 0 Å². The highest BCUT2D eigenvalue weighted by molar-refractivity contribution is 5.36. The maximum atomic E-state index is 8.95. The highest BCUT2D eigenvalue weighted by Crippen LogP contribution is 2.21. The molecule has 3 nitrogen and oxygen atoms in total. The van der Waals surface area contributed by atoms with Crippen LogP contribution in [0.15, 0.2) is 18.2 Å². The molecule has 0 heterocycles. The Labute approximate surface area is 97.7 Å². The van der Waals surface area contributed by atoms with Crippen LogP contribution in [0, 0.1) is 6.92 Å². The van der Waals surface area contributed by atoms with E-state index in [1.807, 2.05) is 12.1 Å². The Bertz CT molecular complexity index is 326. The summed E-state index contributed by atoms with van der Waals surface area (Å²) in [6.45, 7) is 6.82. The van der Waals surface area contributed by atoms with Gasteiger partial charge in [-0.1, -0.05) is 24.6 Å². The molecular formula is C13H21NO2. The molecule has 0 aromatic heterocycles. The minimum Gasteiger partial charge on any atom is -0.496 e. The summed E-state index contributed by atoms with van der Waals surface area (Å²) < 4.78 is 5.33. The van der Waals surface area contributed by atoms with Gasteiger partial charge in [0.15, 0.2) is 0 Å². The van der Waals surface area contributed by atoms with E-state index in [9.17, 15) is 0 Å². The number of nitrogens with zero attached hydrogens (tertiary/aromatic N) is 1. The Kier molecular flexibility index (Phi) is 5.29. The van der Waals surface area contributed by atoms with Crippen molar-refractivity contribution in [3.8, 4) is 5.75 Å². The summed E-state index contributed by atoms with van der Waals surface area (Å²) in [6, 6.07) is 6.18. The number of likely N-dealkylation sites (N-methyl/N-ethyl adjacent to an activating group) is 1. The van der Waals surface area contributed by atoms with Gasteiger partial charge in [-0.25, -0.2) is 0 Å². The molecule has 1 aromatic carbocycles. The Morgan fingerprint density at radius 2 is 2.12 bits per heavy atom. The summed E-state index contributed by atoms with van der Waals surface area (Å²) in [4.78, 5) is 2.19. The first-order valence-corrected chi connectivity index (χ1v) is 5.68. The summed E-state index contributed by atoms with van der Waals surface area (Å²) >= 11 is 0. The lowest BCUT2D eigenvalue weighted by molar-refractivity contribution is 0.195. The smallest absolute Gasteiger partial charge is 0.123 e. The molecule has 0 saturated heterocycles. The van der Waals surface area contributed by atoms with Crippen LogP contribution in [0.25, 0.3) is 0 Å². The second-order valence-electron chi connectivity index (χ2n) is 3.91. The highest BCUT2D eigenvalue weighted by Gasteiger charge is 2.08. The molecule has 1 aromatic rings. The Morgan fingerprint density at radius 3 is 2.69 bits per heavy atom.